The Morgan fingerprint density at radius 1 is 0.647 bits per heavy atom. The van der Waals surface area contributed by atoms with E-state index in [1.807, 2.05) is 4.90 Å². The Labute approximate surface area is 202 Å². The van der Waals surface area contributed by atoms with E-state index in [1.54, 1.807) is 12.1 Å². The predicted molar refractivity (Wildman–Crippen MR) is 132 cm³/mol. The number of amides is 4. The first-order valence-electron chi connectivity index (χ1n) is 12.6. The number of likely N-dealkylation sites (tertiary alicyclic amines) is 1. The van der Waals surface area contributed by atoms with E-state index in [2.05, 4.69) is 0 Å². The van der Waals surface area contributed by atoms with Crippen molar-refractivity contribution in [3.05, 3.63) is 34.4 Å². The van der Waals surface area contributed by atoms with E-state index in [0.717, 1.165) is 88.4 Å². The second kappa shape index (κ2) is 14.4. The van der Waals surface area contributed by atoms with Crippen molar-refractivity contribution in [2.75, 3.05) is 13.1 Å². The molecule has 1 aliphatic heterocycles. The topological polar surface area (TPSA) is 150 Å². The normalized spacial score (nSPS) is 16.1. The molecule has 0 radical (unpaired) electrons. The number of benzene rings is 1. The zero-order chi connectivity index (χ0) is 24.9. The average molecular weight is 473 g/mol. The van der Waals surface area contributed by atoms with E-state index in [0.29, 0.717) is 24.0 Å². The van der Waals surface area contributed by atoms with Crippen LogP contribution < -0.4 is 17.2 Å². The first-order valence-corrected chi connectivity index (χ1v) is 12.6. The molecule has 2 aliphatic rings. The molecule has 0 bridgehead atoms. The summed E-state index contributed by atoms with van der Waals surface area (Å²) in [5.74, 6) is -0.890. The Morgan fingerprint density at radius 3 is 1.53 bits per heavy atom. The molecular weight excluding hydrogens is 432 g/mol. The highest BCUT2D eigenvalue weighted by atomic mass is 16.2. The molecule has 1 fully saturated rings. The first kappa shape index (κ1) is 27.3. The van der Waals surface area contributed by atoms with Gasteiger partial charge in [-0.3, -0.25) is 19.2 Å². The minimum Gasteiger partial charge on any atom is -0.370 e. The van der Waals surface area contributed by atoms with Crippen LogP contribution in [-0.2, 0) is 22.4 Å². The van der Waals surface area contributed by atoms with Gasteiger partial charge in [-0.25, -0.2) is 0 Å². The zero-order valence-electron chi connectivity index (χ0n) is 20.3. The summed E-state index contributed by atoms with van der Waals surface area (Å²) >= 11 is 0. The summed E-state index contributed by atoms with van der Waals surface area (Å²) in [6, 6.07) is 3.26. The summed E-state index contributed by atoms with van der Waals surface area (Å²) in [5.41, 5.74) is 18.8. The average Bonchev–Trinajstić information content (AvgIpc) is 3.06. The lowest BCUT2D eigenvalue weighted by molar-refractivity contribution is -0.131. The van der Waals surface area contributed by atoms with Crippen LogP contribution in [0.5, 0.6) is 0 Å². The van der Waals surface area contributed by atoms with Gasteiger partial charge in [0.2, 0.25) is 23.6 Å². The van der Waals surface area contributed by atoms with E-state index in [1.165, 1.54) is 12.8 Å². The van der Waals surface area contributed by atoms with Crippen LogP contribution in [0.3, 0.4) is 0 Å². The number of nitrogens with two attached hydrogens (primary N) is 3. The third-order valence-corrected chi connectivity index (χ3v) is 6.59. The molecule has 34 heavy (non-hydrogen) atoms. The third-order valence-electron chi connectivity index (χ3n) is 6.59. The van der Waals surface area contributed by atoms with Crippen molar-refractivity contribution >= 4 is 23.6 Å². The SMILES string of the molecule is NC(=O)CCCCC(=O)N1CCCCCC1.NC(=O)c1ccc(C(N)=O)c2c1CCCCCC2. The Kier molecular flexibility index (Phi) is 11.6. The molecule has 0 saturated carbocycles. The number of fused-ring (bicyclic) bond motifs is 1. The van der Waals surface area contributed by atoms with Gasteiger partial charge < -0.3 is 22.1 Å². The molecule has 188 valence electrons. The molecule has 1 aromatic carbocycles. The lowest BCUT2D eigenvalue weighted by Crippen LogP contribution is -2.31. The Bertz CT molecular complexity index is 816. The lowest BCUT2D eigenvalue weighted by Gasteiger charge is -2.20. The molecule has 0 unspecified atom stereocenters. The van der Waals surface area contributed by atoms with E-state index >= 15 is 0 Å². The van der Waals surface area contributed by atoms with Crippen molar-refractivity contribution in [1.82, 2.24) is 4.90 Å². The highest BCUT2D eigenvalue weighted by Gasteiger charge is 2.19. The van der Waals surface area contributed by atoms with Gasteiger partial charge in [0.25, 0.3) is 0 Å². The van der Waals surface area contributed by atoms with Crippen molar-refractivity contribution < 1.29 is 19.2 Å². The van der Waals surface area contributed by atoms with Crippen molar-refractivity contribution in [2.45, 2.75) is 89.9 Å². The van der Waals surface area contributed by atoms with Gasteiger partial charge in [0.05, 0.1) is 0 Å². The number of rotatable bonds is 7. The summed E-state index contributed by atoms with van der Waals surface area (Å²) in [4.78, 5) is 47.2. The molecule has 1 aliphatic carbocycles. The maximum atomic E-state index is 11.8. The monoisotopic (exact) mass is 472 g/mol. The fourth-order valence-corrected chi connectivity index (χ4v) is 4.74. The summed E-state index contributed by atoms with van der Waals surface area (Å²) in [6.45, 7) is 1.82. The van der Waals surface area contributed by atoms with Crippen LogP contribution in [0.1, 0.15) is 109 Å². The van der Waals surface area contributed by atoms with Crippen LogP contribution in [-0.4, -0.2) is 41.6 Å². The molecule has 8 heteroatoms. The van der Waals surface area contributed by atoms with Gasteiger partial charge in [0.15, 0.2) is 0 Å². The van der Waals surface area contributed by atoms with E-state index < -0.39 is 11.8 Å². The van der Waals surface area contributed by atoms with Gasteiger partial charge in [-0.15, -0.1) is 0 Å². The summed E-state index contributed by atoms with van der Waals surface area (Å²) in [5, 5.41) is 0. The number of carbonyl (C=O) groups is 4. The third kappa shape index (κ3) is 8.80. The Morgan fingerprint density at radius 2 is 1.09 bits per heavy atom. The van der Waals surface area contributed by atoms with Gasteiger partial charge in [0, 0.05) is 37.1 Å². The quantitative estimate of drug-likeness (QED) is 0.523. The van der Waals surface area contributed by atoms with Gasteiger partial charge in [-0.05, 0) is 74.6 Å². The van der Waals surface area contributed by atoms with E-state index in [4.69, 9.17) is 17.2 Å². The fraction of sp³-hybridized carbons (Fsp3) is 0.615. The molecule has 6 N–H and O–H groups in total. The minimum absolute atomic E-state index is 0.242. The van der Waals surface area contributed by atoms with Crippen molar-refractivity contribution in [3.8, 4) is 0 Å². The molecule has 3 rings (SSSR count). The number of hydrogen-bond donors (Lipinski definition) is 3. The standard InChI is InChI=1S/C14H18N2O2.C12H22N2O2/c15-13(17)11-7-8-12(14(16)18)10-6-4-2-1-3-5-9(10)11;13-11(15)7-3-4-8-12(16)14-9-5-1-2-6-10-14/h7-8H,1-6H2,(H2,15,17)(H2,16,18);1-10H2,(H2,13,15). The predicted octanol–water partition coefficient (Wildman–Crippen LogP) is 2.98. The van der Waals surface area contributed by atoms with Crippen LogP contribution in [0.25, 0.3) is 0 Å². The van der Waals surface area contributed by atoms with E-state index in [-0.39, 0.29) is 11.8 Å². The number of primary amides is 3. The van der Waals surface area contributed by atoms with Crippen LogP contribution in [0.4, 0.5) is 0 Å². The number of hydrogen-bond acceptors (Lipinski definition) is 4. The number of unbranched alkanes of at least 4 members (excludes halogenated alkanes) is 1. The molecule has 4 amide bonds. The van der Waals surface area contributed by atoms with Crippen LogP contribution >= 0.6 is 0 Å². The van der Waals surface area contributed by atoms with E-state index in [9.17, 15) is 19.2 Å². The van der Waals surface area contributed by atoms with Gasteiger partial charge >= 0.3 is 0 Å². The maximum absolute atomic E-state index is 11.8. The van der Waals surface area contributed by atoms with Gasteiger partial charge in [0.1, 0.15) is 0 Å². The zero-order valence-corrected chi connectivity index (χ0v) is 20.3. The second-order valence-electron chi connectivity index (χ2n) is 9.23. The molecule has 0 atom stereocenters. The molecular formula is C26H40N4O4. The molecule has 1 aromatic rings. The minimum atomic E-state index is -0.428. The second-order valence-corrected chi connectivity index (χ2v) is 9.23. The summed E-state index contributed by atoms with van der Waals surface area (Å²) in [6.07, 6.45) is 13.2. The Balaban J connectivity index is 0.000000242. The van der Waals surface area contributed by atoms with Crippen molar-refractivity contribution in [2.24, 2.45) is 17.2 Å². The molecule has 8 nitrogen and oxygen atoms in total. The smallest absolute Gasteiger partial charge is 0.248 e. The molecule has 1 heterocycles. The lowest BCUT2D eigenvalue weighted by atomic mass is 9.86. The van der Waals surface area contributed by atoms with Crippen molar-refractivity contribution in [3.63, 3.8) is 0 Å². The molecule has 0 spiro atoms. The number of nitrogens with zero attached hydrogens (tertiary/aromatic N) is 1. The van der Waals surface area contributed by atoms with Crippen LogP contribution in [0.2, 0.25) is 0 Å². The highest BCUT2D eigenvalue weighted by molar-refractivity contribution is 5.99. The van der Waals surface area contributed by atoms with Gasteiger partial charge in [-0.2, -0.15) is 0 Å². The number of carbonyl (C=O) groups excluding carboxylic acids is 4. The van der Waals surface area contributed by atoms with Crippen LogP contribution in [0, 0.1) is 0 Å². The molecule has 0 aromatic heterocycles. The first-order chi connectivity index (χ1) is 16.3. The maximum Gasteiger partial charge on any atom is 0.248 e. The largest absolute Gasteiger partial charge is 0.370 e. The fourth-order valence-electron chi connectivity index (χ4n) is 4.74. The Hall–Kier alpha value is -2.90. The highest BCUT2D eigenvalue weighted by Crippen LogP contribution is 2.26. The summed E-state index contributed by atoms with van der Waals surface area (Å²) in [7, 11) is 0. The molecule has 1 saturated heterocycles. The summed E-state index contributed by atoms with van der Waals surface area (Å²) < 4.78 is 0. The van der Waals surface area contributed by atoms with Crippen LogP contribution in [0.15, 0.2) is 12.1 Å². The van der Waals surface area contributed by atoms with Gasteiger partial charge in [-0.1, -0.05) is 25.7 Å². The van der Waals surface area contributed by atoms with Crippen molar-refractivity contribution in [1.29, 1.82) is 0 Å².